The molecule has 2 aromatic rings. The summed E-state index contributed by atoms with van der Waals surface area (Å²) in [5.41, 5.74) is 1.27. The van der Waals surface area contributed by atoms with E-state index in [0.29, 0.717) is 12.2 Å². The van der Waals surface area contributed by atoms with Gasteiger partial charge in [-0.3, -0.25) is 0 Å². The Morgan fingerprint density at radius 3 is 2.08 bits per heavy atom. The first-order valence-electron chi connectivity index (χ1n) is 7.60. The summed E-state index contributed by atoms with van der Waals surface area (Å²) in [4.78, 5) is 21.4. The molecular formula is C19H19CsO5. The Morgan fingerprint density at radius 1 is 0.960 bits per heavy atom. The molecule has 2 aromatic carbocycles. The topological polar surface area (TPSA) is 75.7 Å². The van der Waals surface area contributed by atoms with Crippen LogP contribution in [0, 0.1) is 0 Å². The van der Waals surface area contributed by atoms with Crippen LogP contribution in [0.2, 0.25) is 0 Å². The Hall–Kier alpha value is -0.768. The molecule has 0 saturated heterocycles. The number of carbonyl (C=O) groups is 2. The van der Waals surface area contributed by atoms with E-state index in [9.17, 15) is 14.7 Å². The molecule has 0 aliphatic rings. The fourth-order valence-corrected chi connectivity index (χ4v) is 2.13. The van der Waals surface area contributed by atoms with Crippen molar-refractivity contribution in [1.29, 1.82) is 0 Å². The summed E-state index contributed by atoms with van der Waals surface area (Å²) in [7, 11) is 0. The minimum Gasteiger partial charge on any atom is -0.539 e. The smallest absolute Gasteiger partial charge is 0.539 e. The number of ether oxygens (including phenoxy) is 2. The van der Waals surface area contributed by atoms with Crippen molar-refractivity contribution in [2.45, 2.75) is 25.9 Å². The van der Waals surface area contributed by atoms with Gasteiger partial charge in [0.05, 0.1) is 6.61 Å². The zero-order chi connectivity index (χ0) is 17.6. The molecule has 0 spiro atoms. The van der Waals surface area contributed by atoms with Crippen LogP contribution in [0.5, 0.6) is 5.75 Å². The molecule has 0 aliphatic heterocycles. The molecule has 0 saturated carbocycles. The Labute approximate surface area is 206 Å². The zero-order valence-electron chi connectivity index (χ0n) is 14.7. The monoisotopic (exact) mass is 460 g/mol. The van der Waals surface area contributed by atoms with Gasteiger partial charge in [-0.1, -0.05) is 42.5 Å². The summed E-state index contributed by atoms with van der Waals surface area (Å²) in [5, 5.41) is 10.4. The number of hydrogen-bond donors (Lipinski definition) is 0. The first kappa shape index (κ1) is 22.3. The Bertz CT molecular complexity index is 696. The van der Waals surface area contributed by atoms with E-state index in [0.717, 1.165) is 11.1 Å². The largest absolute Gasteiger partial charge is 1.00 e. The number of aliphatic carboxylic acids is 1. The maximum Gasteiger partial charge on any atom is 1.00 e. The first-order valence-corrected chi connectivity index (χ1v) is 7.60. The average Bonchev–Trinajstić information content (AvgIpc) is 2.55. The summed E-state index contributed by atoms with van der Waals surface area (Å²) < 4.78 is 10.5. The van der Waals surface area contributed by atoms with Crippen LogP contribution >= 0.6 is 0 Å². The second-order valence-electron chi connectivity index (χ2n) is 5.93. The number of esters is 1. The molecule has 126 valence electrons. The molecule has 2 rings (SSSR count). The van der Waals surface area contributed by atoms with Gasteiger partial charge in [0.2, 0.25) is 0 Å². The summed E-state index contributed by atoms with van der Waals surface area (Å²) >= 11 is 0. The molecule has 0 radical (unpaired) electrons. The minimum absolute atomic E-state index is 0. The number of rotatable bonds is 6. The van der Waals surface area contributed by atoms with Crippen molar-refractivity contribution in [3.8, 4) is 16.9 Å². The van der Waals surface area contributed by atoms with Crippen LogP contribution in [-0.4, -0.2) is 24.1 Å². The van der Waals surface area contributed by atoms with E-state index in [-0.39, 0.29) is 75.5 Å². The van der Waals surface area contributed by atoms with Crippen molar-refractivity contribution >= 4 is 11.9 Å². The van der Waals surface area contributed by atoms with Crippen LogP contribution in [0.15, 0.2) is 54.6 Å². The first-order chi connectivity index (χ1) is 11.4. The zero-order valence-corrected chi connectivity index (χ0v) is 20.9. The van der Waals surface area contributed by atoms with Gasteiger partial charge < -0.3 is 19.4 Å². The Balaban J connectivity index is 0.00000312. The van der Waals surface area contributed by atoms with E-state index in [1.165, 1.54) is 0 Å². The number of carbonyl (C=O) groups excluding carboxylic acids is 2. The van der Waals surface area contributed by atoms with E-state index in [1.807, 2.05) is 54.6 Å². The second-order valence-corrected chi connectivity index (χ2v) is 5.93. The molecule has 0 aromatic heterocycles. The van der Waals surface area contributed by atoms with Gasteiger partial charge in [0, 0.05) is 6.42 Å². The van der Waals surface area contributed by atoms with Gasteiger partial charge in [-0.25, -0.2) is 4.79 Å². The molecule has 0 aliphatic carbocycles. The summed E-state index contributed by atoms with van der Waals surface area (Å²) in [6.45, 7) is 3.53. The normalized spacial score (nSPS) is 10.5. The second kappa shape index (κ2) is 10.4. The van der Waals surface area contributed by atoms with Crippen molar-refractivity contribution < 1.29 is 93.1 Å². The Morgan fingerprint density at radius 2 is 1.52 bits per heavy atom. The fourth-order valence-electron chi connectivity index (χ4n) is 2.13. The van der Waals surface area contributed by atoms with Gasteiger partial charge in [-0.2, -0.15) is 0 Å². The van der Waals surface area contributed by atoms with Crippen LogP contribution in [0.3, 0.4) is 0 Å². The molecular weight excluding hydrogens is 441 g/mol. The third-order valence-electron chi connectivity index (χ3n) is 3.47. The van der Waals surface area contributed by atoms with Crippen molar-refractivity contribution in [1.82, 2.24) is 0 Å². The molecule has 0 amide bonds. The molecule has 0 unspecified atom stereocenters. The summed E-state index contributed by atoms with van der Waals surface area (Å²) in [5.74, 6) is -2.52. The van der Waals surface area contributed by atoms with Crippen molar-refractivity contribution in [2.75, 3.05) is 6.61 Å². The van der Waals surface area contributed by atoms with E-state index < -0.39 is 17.5 Å². The third-order valence-corrected chi connectivity index (χ3v) is 3.47. The van der Waals surface area contributed by atoms with Gasteiger partial charge in [-0.15, -0.1) is 0 Å². The molecule has 0 heterocycles. The van der Waals surface area contributed by atoms with E-state index in [2.05, 4.69) is 0 Å². The molecule has 0 bridgehead atoms. The number of hydrogen-bond acceptors (Lipinski definition) is 5. The predicted molar refractivity (Wildman–Crippen MR) is 87.2 cm³/mol. The van der Waals surface area contributed by atoms with Crippen molar-refractivity contribution in [3.05, 3.63) is 54.6 Å². The van der Waals surface area contributed by atoms with Crippen LogP contribution in [0.4, 0.5) is 0 Å². The van der Waals surface area contributed by atoms with Gasteiger partial charge in [-0.05, 0) is 37.1 Å². The number of benzene rings is 2. The SMILES string of the molecule is CC(C)(CCOc1ccc(-c2ccccc2)cc1)OC(=O)C(=O)[O-].[Cs+]. The van der Waals surface area contributed by atoms with E-state index >= 15 is 0 Å². The van der Waals surface area contributed by atoms with Gasteiger partial charge in [0.1, 0.15) is 11.4 Å². The molecule has 6 heteroatoms. The molecule has 5 nitrogen and oxygen atoms in total. The van der Waals surface area contributed by atoms with Gasteiger partial charge in [0.15, 0.2) is 5.97 Å². The van der Waals surface area contributed by atoms with E-state index in [1.54, 1.807) is 13.8 Å². The van der Waals surface area contributed by atoms with Gasteiger partial charge in [0.25, 0.3) is 0 Å². The molecule has 25 heavy (non-hydrogen) atoms. The average molecular weight is 460 g/mol. The predicted octanol–water partition coefficient (Wildman–Crippen LogP) is -0.802. The number of carboxylic acid groups (broad SMARTS) is 1. The fraction of sp³-hybridized carbons (Fsp3) is 0.263. The quantitative estimate of drug-likeness (QED) is 0.417. The minimum atomic E-state index is -1.85. The van der Waals surface area contributed by atoms with Gasteiger partial charge >= 0.3 is 74.9 Å². The van der Waals surface area contributed by atoms with Crippen LogP contribution < -0.4 is 78.7 Å². The Kier molecular flexibility index (Phi) is 9.26. The maximum absolute atomic E-state index is 11.0. The van der Waals surface area contributed by atoms with Crippen LogP contribution in [0.25, 0.3) is 11.1 Å². The van der Waals surface area contributed by atoms with Crippen LogP contribution in [0.1, 0.15) is 20.3 Å². The molecule has 0 N–H and O–H groups in total. The molecule has 0 atom stereocenters. The van der Waals surface area contributed by atoms with Crippen molar-refractivity contribution in [3.63, 3.8) is 0 Å². The van der Waals surface area contributed by atoms with E-state index in [4.69, 9.17) is 9.47 Å². The van der Waals surface area contributed by atoms with Crippen LogP contribution in [-0.2, 0) is 14.3 Å². The summed E-state index contributed by atoms with van der Waals surface area (Å²) in [6.07, 6.45) is 0.354. The third kappa shape index (κ3) is 7.55. The molecule has 0 fully saturated rings. The standard InChI is InChI=1S/C19H20O5.Cs/c1-19(2,24-18(22)17(20)21)12-13-23-16-10-8-15(9-11-16)14-6-4-3-5-7-14;/h3-11H,12-13H2,1-2H3,(H,20,21);/q;+1/p-1. The number of carboxylic acids is 1. The maximum atomic E-state index is 11.0. The van der Waals surface area contributed by atoms with Crippen molar-refractivity contribution in [2.24, 2.45) is 0 Å². The summed E-state index contributed by atoms with van der Waals surface area (Å²) in [6, 6.07) is 17.7.